The van der Waals surface area contributed by atoms with E-state index in [0.29, 0.717) is 6.61 Å². The van der Waals surface area contributed by atoms with E-state index >= 15 is 0 Å². The number of benzene rings is 1. The van der Waals surface area contributed by atoms with E-state index in [1.807, 2.05) is 12.1 Å². The Kier molecular flexibility index (Phi) is 8.38. The van der Waals surface area contributed by atoms with Crippen molar-refractivity contribution < 1.29 is 9.47 Å². The van der Waals surface area contributed by atoms with Crippen LogP contribution in [0.5, 0.6) is 11.5 Å². The van der Waals surface area contributed by atoms with E-state index in [1.54, 1.807) is 7.11 Å². The normalized spacial score (nSPS) is 10.3. The van der Waals surface area contributed by atoms with Crippen molar-refractivity contribution in [1.29, 1.82) is 0 Å². The number of nitrogens with one attached hydrogen (secondary N) is 1. The van der Waals surface area contributed by atoms with Crippen LogP contribution in [-0.2, 0) is 6.54 Å². The fourth-order valence-electron chi connectivity index (χ4n) is 1.83. The van der Waals surface area contributed by atoms with Gasteiger partial charge in [0.25, 0.3) is 0 Å². The number of rotatable bonds is 10. The Morgan fingerprint density at radius 2 is 2.20 bits per heavy atom. The van der Waals surface area contributed by atoms with Crippen LogP contribution in [0, 0.1) is 0 Å². The average molecular weight is 342 g/mol. The Hall–Kier alpha value is -1.00. The molecule has 0 saturated heterocycles. The standard InChI is InChI=1S/C16H24BrNO2/c1-4-6-7-9-20-16-14(17)10-13(11-15(16)19-3)12-18-8-5-2/h4,10-11,18H,1,5-9,12H2,2-3H3. The summed E-state index contributed by atoms with van der Waals surface area (Å²) in [6.07, 6.45) is 4.94. The SMILES string of the molecule is C=CCCCOc1c(Br)cc(CNCCC)cc1OC. The minimum absolute atomic E-state index is 0.661. The minimum atomic E-state index is 0.661. The summed E-state index contributed by atoms with van der Waals surface area (Å²) >= 11 is 3.56. The van der Waals surface area contributed by atoms with Gasteiger partial charge in [0, 0.05) is 6.54 Å². The van der Waals surface area contributed by atoms with E-state index in [2.05, 4.69) is 40.8 Å². The summed E-state index contributed by atoms with van der Waals surface area (Å²) < 4.78 is 12.2. The smallest absolute Gasteiger partial charge is 0.175 e. The lowest BCUT2D eigenvalue weighted by Gasteiger charge is -2.14. The molecule has 0 aromatic heterocycles. The molecule has 0 bridgehead atoms. The highest BCUT2D eigenvalue weighted by Gasteiger charge is 2.11. The Labute approximate surface area is 130 Å². The van der Waals surface area contributed by atoms with E-state index in [0.717, 1.165) is 48.3 Å². The first kappa shape index (κ1) is 17.1. The summed E-state index contributed by atoms with van der Waals surface area (Å²) in [5, 5.41) is 3.38. The predicted octanol–water partition coefficient (Wildman–Crippen LogP) is 4.30. The molecule has 1 aromatic carbocycles. The van der Waals surface area contributed by atoms with Gasteiger partial charge in [-0.2, -0.15) is 0 Å². The quantitative estimate of drug-likeness (QED) is 0.508. The third kappa shape index (κ3) is 5.55. The first-order valence-electron chi connectivity index (χ1n) is 7.03. The molecule has 20 heavy (non-hydrogen) atoms. The highest BCUT2D eigenvalue weighted by atomic mass is 79.9. The van der Waals surface area contributed by atoms with Gasteiger partial charge in [0.2, 0.25) is 0 Å². The molecule has 0 aliphatic rings. The van der Waals surface area contributed by atoms with Crippen LogP contribution in [0.2, 0.25) is 0 Å². The van der Waals surface area contributed by atoms with Crippen LogP contribution < -0.4 is 14.8 Å². The summed E-state index contributed by atoms with van der Waals surface area (Å²) in [5.41, 5.74) is 1.18. The molecule has 4 heteroatoms. The van der Waals surface area contributed by atoms with Crippen LogP contribution in [0.3, 0.4) is 0 Å². The zero-order valence-electron chi connectivity index (χ0n) is 12.4. The van der Waals surface area contributed by atoms with Crippen molar-refractivity contribution in [2.45, 2.75) is 32.7 Å². The Morgan fingerprint density at radius 1 is 1.40 bits per heavy atom. The monoisotopic (exact) mass is 341 g/mol. The summed E-state index contributed by atoms with van der Waals surface area (Å²) in [6, 6.07) is 4.10. The van der Waals surface area contributed by atoms with Crippen molar-refractivity contribution in [1.82, 2.24) is 5.32 Å². The molecule has 0 amide bonds. The molecule has 0 unspecified atom stereocenters. The highest BCUT2D eigenvalue weighted by Crippen LogP contribution is 2.36. The molecule has 0 atom stereocenters. The maximum absolute atomic E-state index is 5.80. The van der Waals surface area contributed by atoms with Crippen LogP contribution in [0.4, 0.5) is 0 Å². The lowest BCUT2D eigenvalue weighted by atomic mass is 10.2. The van der Waals surface area contributed by atoms with Crippen molar-refractivity contribution >= 4 is 15.9 Å². The van der Waals surface area contributed by atoms with Gasteiger partial charge in [-0.1, -0.05) is 13.0 Å². The zero-order chi connectivity index (χ0) is 14.8. The van der Waals surface area contributed by atoms with E-state index < -0.39 is 0 Å². The van der Waals surface area contributed by atoms with Crippen LogP contribution in [0.1, 0.15) is 31.7 Å². The summed E-state index contributed by atoms with van der Waals surface area (Å²) in [5.74, 6) is 1.54. The molecular weight excluding hydrogens is 318 g/mol. The van der Waals surface area contributed by atoms with Crippen LogP contribution >= 0.6 is 15.9 Å². The topological polar surface area (TPSA) is 30.5 Å². The van der Waals surface area contributed by atoms with E-state index in [1.165, 1.54) is 5.56 Å². The average Bonchev–Trinajstić information content (AvgIpc) is 2.45. The number of ether oxygens (including phenoxy) is 2. The molecule has 0 radical (unpaired) electrons. The predicted molar refractivity (Wildman–Crippen MR) is 87.6 cm³/mol. The second-order valence-corrected chi connectivity index (χ2v) is 5.42. The third-order valence-electron chi connectivity index (χ3n) is 2.84. The van der Waals surface area contributed by atoms with Crippen LogP contribution in [0.15, 0.2) is 29.3 Å². The van der Waals surface area contributed by atoms with Crippen LogP contribution in [0.25, 0.3) is 0 Å². The van der Waals surface area contributed by atoms with Crippen molar-refractivity contribution in [2.24, 2.45) is 0 Å². The molecule has 3 nitrogen and oxygen atoms in total. The molecule has 1 rings (SSSR count). The molecule has 1 aromatic rings. The largest absolute Gasteiger partial charge is 0.493 e. The van der Waals surface area contributed by atoms with Gasteiger partial charge < -0.3 is 14.8 Å². The first-order chi connectivity index (χ1) is 9.72. The summed E-state index contributed by atoms with van der Waals surface area (Å²) in [7, 11) is 1.67. The maximum Gasteiger partial charge on any atom is 0.175 e. The second kappa shape index (κ2) is 9.83. The summed E-state index contributed by atoms with van der Waals surface area (Å²) in [4.78, 5) is 0. The van der Waals surface area contributed by atoms with Gasteiger partial charge in [-0.3, -0.25) is 0 Å². The van der Waals surface area contributed by atoms with Gasteiger partial charge in [-0.25, -0.2) is 0 Å². The van der Waals surface area contributed by atoms with Gasteiger partial charge in [-0.15, -0.1) is 6.58 Å². The van der Waals surface area contributed by atoms with E-state index in [-0.39, 0.29) is 0 Å². The Morgan fingerprint density at radius 3 is 2.85 bits per heavy atom. The molecule has 0 aliphatic heterocycles. The zero-order valence-corrected chi connectivity index (χ0v) is 14.0. The van der Waals surface area contributed by atoms with Gasteiger partial charge in [0.05, 0.1) is 18.2 Å². The molecule has 0 aliphatic carbocycles. The Balaban J connectivity index is 2.71. The molecule has 0 spiro atoms. The lowest BCUT2D eigenvalue weighted by molar-refractivity contribution is 0.288. The second-order valence-electron chi connectivity index (χ2n) is 4.57. The van der Waals surface area contributed by atoms with E-state index in [9.17, 15) is 0 Å². The number of hydrogen-bond donors (Lipinski definition) is 1. The van der Waals surface area contributed by atoms with Gasteiger partial charge in [0.1, 0.15) is 0 Å². The minimum Gasteiger partial charge on any atom is -0.493 e. The molecular formula is C16H24BrNO2. The number of unbranched alkanes of at least 4 members (excludes halogenated alkanes) is 1. The number of methoxy groups -OCH3 is 1. The number of hydrogen-bond acceptors (Lipinski definition) is 3. The summed E-state index contributed by atoms with van der Waals surface area (Å²) in [6.45, 7) is 8.37. The maximum atomic E-state index is 5.80. The van der Waals surface area contributed by atoms with Crippen molar-refractivity contribution in [3.8, 4) is 11.5 Å². The molecule has 112 valence electrons. The van der Waals surface area contributed by atoms with Crippen molar-refractivity contribution in [2.75, 3.05) is 20.3 Å². The molecule has 0 saturated carbocycles. The van der Waals surface area contributed by atoms with Gasteiger partial charge in [-0.05, 0) is 59.4 Å². The lowest BCUT2D eigenvalue weighted by Crippen LogP contribution is -2.14. The fourth-order valence-corrected chi connectivity index (χ4v) is 2.43. The number of allylic oxidation sites excluding steroid dienone is 1. The van der Waals surface area contributed by atoms with Crippen molar-refractivity contribution in [3.05, 3.63) is 34.8 Å². The van der Waals surface area contributed by atoms with Crippen molar-refractivity contribution in [3.63, 3.8) is 0 Å². The Bertz CT molecular complexity index is 421. The fraction of sp³-hybridized carbons (Fsp3) is 0.500. The molecule has 0 heterocycles. The molecule has 0 fully saturated rings. The number of halogens is 1. The van der Waals surface area contributed by atoms with Gasteiger partial charge >= 0.3 is 0 Å². The van der Waals surface area contributed by atoms with E-state index in [4.69, 9.17) is 9.47 Å². The highest BCUT2D eigenvalue weighted by molar-refractivity contribution is 9.10. The molecule has 1 N–H and O–H groups in total. The van der Waals surface area contributed by atoms with Gasteiger partial charge in [0.15, 0.2) is 11.5 Å². The first-order valence-corrected chi connectivity index (χ1v) is 7.83. The third-order valence-corrected chi connectivity index (χ3v) is 3.43. The van der Waals surface area contributed by atoms with Crippen LogP contribution in [-0.4, -0.2) is 20.3 Å².